The van der Waals surface area contributed by atoms with E-state index >= 15 is 0 Å². The molecular weight excluding hydrogens is 310 g/mol. The van der Waals surface area contributed by atoms with Gasteiger partial charge in [-0.05, 0) is 12.5 Å². The second-order valence-corrected chi connectivity index (χ2v) is 4.50. The number of halogens is 1. The third kappa shape index (κ3) is 4.78. The van der Waals surface area contributed by atoms with E-state index in [9.17, 15) is 9.59 Å². The second-order valence-electron chi connectivity index (χ2n) is 4.50. The number of hydrogen-bond acceptors (Lipinski definition) is 5. The van der Waals surface area contributed by atoms with Gasteiger partial charge in [0.1, 0.15) is 0 Å². The molecule has 0 aliphatic rings. The van der Waals surface area contributed by atoms with Crippen LogP contribution in [0, 0.1) is 0 Å². The van der Waals surface area contributed by atoms with Gasteiger partial charge in [0.25, 0.3) is 5.91 Å². The Bertz CT molecular complexity index is 537. The lowest BCUT2D eigenvalue weighted by molar-refractivity contribution is -0.117. The van der Waals surface area contributed by atoms with Crippen molar-refractivity contribution >= 4 is 29.9 Å². The summed E-state index contributed by atoms with van der Waals surface area (Å²) in [6, 6.07) is 2.25. The van der Waals surface area contributed by atoms with Gasteiger partial charge < -0.3 is 26.3 Å². The summed E-state index contributed by atoms with van der Waals surface area (Å²) in [4.78, 5) is 23.5. The molecular formula is C14H22ClN3O4. The van der Waals surface area contributed by atoms with Gasteiger partial charge in [0.15, 0.2) is 11.5 Å². The normalized spacial score (nSPS) is 11.1. The monoisotopic (exact) mass is 331 g/mol. The van der Waals surface area contributed by atoms with E-state index in [1.807, 2.05) is 6.92 Å². The molecule has 0 bridgehead atoms. The number of methoxy groups -OCH3 is 2. The van der Waals surface area contributed by atoms with Crippen molar-refractivity contribution in [1.29, 1.82) is 0 Å². The van der Waals surface area contributed by atoms with Crippen molar-refractivity contribution in [2.45, 2.75) is 25.8 Å². The number of anilines is 1. The summed E-state index contributed by atoms with van der Waals surface area (Å²) in [5.74, 6) is -0.342. The van der Waals surface area contributed by atoms with Crippen LogP contribution in [0.3, 0.4) is 0 Å². The molecule has 0 fully saturated rings. The van der Waals surface area contributed by atoms with Crippen LogP contribution < -0.4 is 26.3 Å². The van der Waals surface area contributed by atoms with Gasteiger partial charge in [-0.15, -0.1) is 12.4 Å². The van der Waals surface area contributed by atoms with Crippen LogP contribution in [-0.2, 0) is 4.79 Å². The predicted octanol–water partition coefficient (Wildman–Crippen LogP) is 1.29. The topological polar surface area (TPSA) is 117 Å². The van der Waals surface area contributed by atoms with E-state index in [4.69, 9.17) is 20.9 Å². The number of benzene rings is 1. The van der Waals surface area contributed by atoms with E-state index in [0.717, 1.165) is 6.42 Å². The third-order valence-corrected chi connectivity index (χ3v) is 2.98. The fraction of sp³-hybridized carbons (Fsp3) is 0.429. The van der Waals surface area contributed by atoms with E-state index in [1.165, 1.54) is 26.4 Å². The van der Waals surface area contributed by atoms with Crippen molar-refractivity contribution < 1.29 is 19.1 Å². The number of hydrogen-bond donors (Lipinski definition) is 3. The Morgan fingerprint density at radius 3 is 2.23 bits per heavy atom. The highest BCUT2D eigenvalue weighted by Gasteiger charge is 2.19. The number of nitrogens with one attached hydrogen (secondary N) is 1. The number of primary amides is 1. The molecule has 1 unspecified atom stereocenters. The molecule has 0 aliphatic heterocycles. The van der Waals surface area contributed by atoms with Gasteiger partial charge in [-0.1, -0.05) is 13.3 Å². The van der Waals surface area contributed by atoms with E-state index in [0.29, 0.717) is 17.9 Å². The molecule has 0 heterocycles. The summed E-state index contributed by atoms with van der Waals surface area (Å²) in [5.41, 5.74) is 11.4. The Hall–Kier alpha value is -1.99. The molecule has 22 heavy (non-hydrogen) atoms. The molecule has 7 nitrogen and oxygen atoms in total. The fourth-order valence-corrected chi connectivity index (χ4v) is 1.85. The smallest absolute Gasteiger partial charge is 0.250 e. The highest BCUT2D eigenvalue weighted by atomic mass is 35.5. The van der Waals surface area contributed by atoms with Crippen molar-refractivity contribution in [3.8, 4) is 11.5 Å². The van der Waals surface area contributed by atoms with Gasteiger partial charge in [-0.2, -0.15) is 0 Å². The summed E-state index contributed by atoms with van der Waals surface area (Å²) in [5, 5.41) is 2.60. The molecule has 0 radical (unpaired) electrons. The fourth-order valence-electron chi connectivity index (χ4n) is 1.85. The zero-order valence-electron chi connectivity index (χ0n) is 12.8. The Labute approximate surface area is 135 Å². The van der Waals surface area contributed by atoms with Crippen LogP contribution in [0.1, 0.15) is 30.1 Å². The van der Waals surface area contributed by atoms with Crippen molar-refractivity contribution in [3.05, 3.63) is 17.7 Å². The van der Waals surface area contributed by atoms with Crippen LogP contribution in [0.25, 0.3) is 0 Å². The summed E-state index contributed by atoms with van der Waals surface area (Å²) in [6.07, 6.45) is 1.33. The van der Waals surface area contributed by atoms with Crippen molar-refractivity contribution in [2.75, 3.05) is 19.5 Å². The van der Waals surface area contributed by atoms with E-state index in [1.54, 1.807) is 0 Å². The van der Waals surface area contributed by atoms with Gasteiger partial charge >= 0.3 is 0 Å². The summed E-state index contributed by atoms with van der Waals surface area (Å²) in [7, 11) is 2.90. The maximum Gasteiger partial charge on any atom is 0.250 e. The lowest BCUT2D eigenvalue weighted by Gasteiger charge is -2.16. The number of amides is 2. The maximum atomic E-state index is 12.0. The number of carbonyl (C=O) groups excluding carboxylic acids is 2. The minimum Gasteiger partial charge on any atom is -0.493 e. The minimum absolute atomic E-state index is 0. The molecule has 0 aromatic heterocycles. The van der Waals surface area contributed by atoms with Gasteiger partial charge in [0.05, 0.1) is 31.5 Å². The Kier molecular flexibility index (Phi) is 8.29. The summed E-state index contributed by atoms with van der Waals surface area (Å²) in [6.45, 7) is 1.93. The molecule has 0 saturated carbocycles. The standard InChI is InChI=1S/C14H21N3O4.ClH/c1-4-5-9(15)14(19)17-10-7-12(21-3)11(20-2)6-8(10)13(16)18;/h6-7,9H,4-5,15H2,1-3H3,(H2,16,18)(H,17,19);1H. The number of carbonyl (C=O) groups is 2. The first kappa shape index (κ1) is 20.0. The second kappa shape index (κ2) is 9.11. The summed E-state index contributed by atoms with van der Waals surface area (Å²) < 4.78 is 10.2. The zero-order valence-corrected chi connectivity index (χ0v) is 13.7. The SMILES string of the molecule is CCCC(N)C(=O)Nc1cc(OC)c(OC)cc1C(N)=O.Cl. The third-order valence-electron chi connectivity index (χ3n) is 2.98. The number of nitrogens with two attached hydrogens (primary N) is 2. The first-order valence-electron chi connectivity index (χ1n) is 6.56. The van der Waals surface area contributed by atoms with Crippen LogP contribution in [-0.4, -0.2) is 32.1 Å². The minimum atomic E-state index is -0.685. The van der Waals surface area contributed by atoms with Crippen LogP contribution >= 0.6 is 12.4 Å². The first-order valence-corrected chi connectivity index (χ1v) is 6.56. The molecule has 1 aromatic carbocycles. The lowest BCUT2D eigenvalue weighted by Crippen LogP contribution is -2.36. The van der Waals surface area contributed by atoms with E-state index < -0.39 is 11.9 Å². The van der Waals surface area contributed by atoms with Gasteiger partial charge in [0, 0.05) is 6.07 Å². The molecule has 5 N–H and O–H groups in total. The molecule has 1 atom stereocenters. The molecule has 8 heteroatoms. The maximum absolute atomic E-state index is 12.0. The molecule has 0 spiro atoms. The van der Waals surface area contributed by atoms with E-state index in [2.05, 4.69) is 5.32 Å². The van der Waals surface area contributed by atoms with Gasteiger partial charge in [-0.3, -0.25) is 9.59 Å². The quantitative estimate of drug-likeness (QED) is 0.696. The number of rotatable bonds is 7. The van der Waals surface area contributed by atoms with Crippen molar-refractivity contribution in [3.63, 3.8) is 0 Å². The molecule has 0 saturated heterocycles. The van der Waals surface area contributed by atoms with Crippen LogP contribution in [0.5, 0.6) is 11.5 Å². The zero-order chi connectivity index (χ0) is 16.0. The molecule has 2 amide bonds. The lowest BCUT2D eigenvalue weighted by atomic mass is 10.1. The van der Waals surface area contributed by atoms with Crippen LogP contribution in [0.4, 0.5) is 5.69 Å². The predicted molar refractivity (Wildman–Crippen MR) is 86.8 cm³/mol. The summed E-state index contributed by atoms with van der Waals surface area (Å²) >= 11 is 0. The first-order chi connectivity index (χ1) is 9.94. The van der Waals surface area contributed by atoms with Crippen LogP contribution in [0.2, 0.25) is 0 Å². The van der Waals surface area contributed by atoms with Gasteiger partial charge in [0.2, 0.25) is 5.91 Å². The Morgan fingerprint density at radius 2 is 1.77 bits per heavy atom. The highest BCUT2D eigenvalue weighted by molar-refractivity contribution is 6.05. The Balaban J connectivity index is 0.00000441. The molecule has 0 aliphatic carbocycles. The average Bonchev–Trinajstić information content (AvgIpc) is 2.46. The van der Waals surface area contributed by atoms with Crippen LogP contribution in [0.15, 0.2) is 12.1 Å². The largest absolute Gasteiger partial charge is 0.493 e. The average molecular weight is 332 g/mol. The van der Waals surface area contributed by atoms with Gasteiger partial charge in [-0.25, -0.2) is 0 Å². The molecule has 124 valence electrons. The highest BCUT2D eigenvalue weighted by Crippen LogP contribution is 2.33. The molecule has 1 aromatic rings. The Morgan fingerprint density at radius 1 is 1.23 bits per heavy atom. The van der Waals surface area contributed by atoms with E-state index in [-0.39, 0.29) is 29.6 Å². The number of ether oxygens (including phenoxy) is 2. The van der Waals surface area contributed by atoms with Crippen molar-refractivity contribution in [2.24, 2.45) is 11.5 Å². The molecule has 1 rings (SSSR count). The van der Waals surface area contributed by atoms with Crippen molar-refractivity contribution in [1.82, 2.24) is 0 Å².